The molecule has 3 N–H and O–H groups in total. The number of nitrogens with two attached hydrogens (primary N) is 1. The molecule has 0 aliphatic rings. The maximum absolute atomic E-state index is 12.2. The van der Waals surface area contributed by atoms with E-state index in [0.717, 1.165) is 16.9 Å². The Labute approximate surface area is 131 Å². The van der Waals surface area contributed by atoms with Crippen LogP contribution in [-0.4, -0.2) is 21.5 Å². The maximum atomic E-state index is 12.2. The fourth-order valence-electron chi connectivity index (χ4n) is 2.59. The van der Waals surface area contributed by atoms with Crippen LogP contribution in [-0.2, 0) is 4.79 Å². The van der Waals surface area contributed by atoms with Gasteiger partial charge in [-0.3, -0.25) is 4.79 Å². The van der Waals surface area contributed by atoms with Crippen molar-refractivity contribution in [2.75, 3.05) is 0 Å². The van der Waals surface area contributed by atoms with E-state index in [1.165, 1.54) is 0 Å². The van der Waals surface area contributed by atoms with E-state index in [2.05, 4.69) is 29.8 Å². The lowest BCUT2D eigenvalue weighted by Crippen LogP contribution is -2.45. The quantitative estimate of drug-likeness (QED) is 0.892. The highest BCUT2D eigenvalue weighted by Crippen LogP contribution is 2.24. The van der Waals surface area contributed by atoms with E-state index in [1.54, 1.807) is 0 Å². The number of carbonyl (C=O) groups excluding carboxylic acids is 1. The minimum Gasteiger partial charge on any atom is -0.345 e. The third-order valence-electron chi connectivity index (χ3n) is 3.91. The molecule has 1 aromatic heterocycles. The van der Waals surface area contributed by atoms with Crippen LogP contribution in [0.25, 0.3) is 11.0 Å². The van der Waals surface area contributed by atoms with E-state index < -0.39 is 6.04 Å². The van der Waals surface area contributed by atoms with Gasteiger partial charge in [0.25, 0.3) is 0 Å². The molecule has 0 saturated heterocycles. The van der Waals surface area contributed by atoms with Gasteiger partial charge in [0, 0.05) is 6.04 Å². The number of amides is 1. The summed E-state index contributed by atoms with van der Waals surface area (Å²) in [4.78, 5) is 16.9. The number of carbonyl (C=O) groups is 1. The fourth-order valence-corrected chi connectivity index (χ4v) is 2.59. The van der Waals surface area contributed by atoms with Crippen LogP contribution in [0.15, 0.2) is 24.3 Å². The lowest BCUT2D eigenvalue weighted by molar-refractivity contribution is -0.123. The SMILES string of the molecule is CC(NC(=O)[C@@H](N)C(C)C)c1nc2ccccc2n1C(C)C. The Morgan fingerprint density at radius 3 is 2.41 bits per heavy atom. The van der Waals surface area contributed by atoms with Gasteiger partial charge in [-0.1, -0.05) is 26.0 Å². The topological polar surface area (TPSA) is 72.9 Å². The molecule has 0 spiro atoms. The summed E-state index contributed by atoms with van der Waals surface area (Å²) in [6.45, 7) is 10.1. The van der Waals surface area contributed by atoms with Gasteiger partial charge in [-0.05, 0) is 38.8 Å². The average molecular weight is 302 g/mol. The lowest BCUT2D eigenvalue weighted by atomic mass is 10.0. The van der Waals surface area contributed by atoms with E-state index in [1.807, 2.05) is 39.0 Å². The molecule has 0 radical (unpaired) electrons. The molecular formula is C17H26N4O. The first kappa shape index (κ1) is 16.5. The van der Waals surface area contributed by atoms with Gasteiger partial charge < -0.3 is 15.6 Å². The Morgan fingerprint density at radius 2 is 1.82 bits per heavy atom. The van der Waals surface area contributed by atoms with Crippen molar-refractivity contribution in [3.63, 3.8) is 0 Å². The zero-order chi connectivity index (χ0) is 16.4. The predicted octanol–water partition coefficient (Wildman–Crippen LogP) is 2.78. The summed E-state index contributed by atoms with van der Waals surface area (Å²) >= 11 is 0. The van der Waals surface area contributed by atoms with Gasteiger partial charge in [0.15, 0.2) is 0 Å². The summed E-state index contributed by atoms with van der Waals surface area (Å²) in [7, 11) is 0. The van der Waals surface area contributed by atoms with Gasteiger partial charge in [-0.25, -0.2) is 4.98 Å². The van der Waals surface area contributed by atoms with Crippen LogP contribution in [0, 0.1) is 5.92 Å². The number of hydrogen-bond donors (Lipinski definition) is 2. The van der Waals surface area contributed by atoms with Crippen LogP contribution in [0.1, 0.15) is 52.5 Å². The number of nitrogens with one attached hydrogen (secondary N) is 1. The van der Waals surface area contributed by atoms with Gasteiger partial charge >= 0.3 is 0 Å². The van der Waals surface area contributed by atoms with Crippen molar-refractivity contribution in [2.45, 2.75) is 52.7 Å². The van der Waals surface area contributed by atoms with Crippen LogP contribution in [0.5, 0.6) is 0 Å². The molecule has 22 heavy (non-hydrogen) atoms. The van der Waals surface area contributed by atoms with E-state index in [0.29, 0.717) is 0 Å². The van der Waals surface area contributed by atoms with E-state index in [9.17, 15) is 4.79 Å². The number of nitrogens with zero attached hydrogens (tertiary/aromatic N) is 2. The van der Waals surface area contributed by atoms with Crippen molar-refractivity contribution >= 4 is 16.9 Å². The Hall–Kier alpha value is -1.88. The Morgan fingerprint density at radius 1 is 1.18 bits per heavy atom. The van der Waals surface area contributed by atoms with Crippen LogP contribution >= 0.6 is 0 Å². The van der Waals surface area contributed by atoms with E-state index >= 15 is 0 Å². The van der Waals surface area contributed by atoms with E-state index in [-0.39, 0.29) is 23.9 Å². The number of benzene rings is 1. The van der Waals surface area contributed by atoms with Crippen LogP contribution in [0.2, 0.25) is 0 Å². The summed E-state index contributed by atoms with van der Waals surface area (Å²) in [5.74, 6) is 0.835. The van der Waals surface area contributed by atoms with Gasteiger partial charge in [-0.2, -0.15) is 0 Å². The molecule has 0 saturated carbocycles. The zero-order valence-corrected chi connectivity index (χ0v) is 14.0. The molecule has 0 aliphatic heterocycles. The van der Waals surface area contributed by atoms with E-state index in [4.69, 9.17) is 10.7 Å². The van der Waals surface area contributed by atoms with Crippen molar-refractivity contribution in [3.8, 4) is 0 Å². The number of hydrogen-bond acceptors (Lipinski definition) is 3. The minimum atomic E-state index is -0.501. The largest absolute Gasteiger partial charge is 0.345 e. The molecule has 5 nitrogen and oxygen atoms in total. The van der Waals surface area contributed by atoms with Gasteiger partial charge in [-0.15, -0.1) is 0 Å². The number of fused-ring (bicyclic) bond motifs is 1. The van der Waals surface area contributed by atoms with Crippen LogP contribution in [0.4, 0.5) is 0 Å². The van der Waals surface area contributed by atoms with Gasteiger partial charge in [0.1, 0.15) is 5.82 Å². The molecule has 2 rings (SSSR count). The fraction of sp³-hybridized carbons (Fsp3) is 0.529. The summed E-state index contributed by atoms with van der Waals surface area (Å²) in [6.07, 6.45) is 0. The molecule has 1 heterocycles. The van der Waals surface area contributed by atoms with Crippen molar-refractivity contribution in [2.24, 2.45) is 11.7 Å². The molecule has 0 fully saturated rings. The zero-order valence-electron chi connectivity index (χ0n) is 14.0. The predicted molar refractivity (Wildman–Crippen MR) is 89.5 cm³/mol. The summed E-state index contributed by atoms with van der Waals surface area (Å²) in [5, 5.41) is 2.99. The second-order valence-electron chi connectivity index (χ2n) is 6.42. The smallest absolute Gasteiger partial charge is 0.237 e. The van der Waals surface area contributed by atoms with Crippen LogP contribution < -0.4 is 11.1 Å². The maximum Gasteiger partial charge on any atom is 0.237 e. The van der Waals surface area contributed by atoms with Crippen LogP contribution in [0.3, 0.4) is 0 Å². The van der Waals surface area contributed by atoms with Gasteiger partial charge in [0.2, 0.25) is 5.91 Å². The van der Waals surface area contributed by atoms with Crippen molar-refractivity contribution in [1.82, 2.24) is 14.9 Å². The molecule has 120 valence electrons. The molecule has 5 heteroatoms. The first-order chi connectivity index (χ1) is 10.3. The minimum absolute atomic E-state index is 0.108. The Balaban J connectivity index is 2.33. The number of rotatable bonds is 5. The molecule has 1 unspecified atom stereocenters. The molecular weight excluding hydrogens is 276 g/mol. The molecule has 1 amide bonds. The molecule has 1 aromatic carbocycles. The second-order valence-corrected chi connectivity index (χ2v) is 6.42. The standard InChI is InChI=1S/C17H26N4O/c1-10(2)15(18)17(22)19-12(5)16-20-13-8-6-7-9-14(13)21(16)11(3)4/h6-12,15H,18H2,1-5H3,(H,19,22)/t12?,15-/m0/s1. The normalized spacial score (nSPS) is 14.5. The molecule has 2 aromatic rings. The molecule has 0 bridgehead atoms. The Kier molecular flexibility index (Phi) is 4.86. The highest BCUT2D eigenvalue weighted by atomic mass is 16.2. The summed E-state index contributed by atoms with van der Waals surface area (Å²) in [5.41, 5.74) is 7.95. The van der Waals surface area contributed by atoms with Crippen molar-refractivity contribution in [3.05, 3.63) is 30.1 Å². The van der Waals surface area contributed by atoms with Crippen molar-refractivity contribution in [1.29, 1.82) is 0 Å². The molecule has 0 aliphatic carbocycles. The molecule has 2 atom stereocenters. The number of aromatic nitrogens is 2. The first-order valence-corrected chi connectivity index (χ1v) is 7.85. The lowest BCUT2D eigenvalue weighted by Gasteiger charge is -2.21. The Bertz CT molecular complexity index is 660. The highest BCUT2D eigenvalue weighted by molar-refractivity contribution is 5.82. The second kappa shape index (κ2) is 6.48. The summed E-state index contributed by atoms with van der Waals surface area (Å²) in [6, 6.07) is 7.60. The first-order valence-electron chi connectivity index (χ1n) is 7.85. The average Bonchev–Trinajstić information content (AvgIpc) is 2.85. The van der Waals surface area contributed by atoms with Gasteiger partial charge in [0.05, 0.1) is 23.1 Å². The van der Waals surface area contributed by atoms with Crippen molar-refractivity contribution < 1.29 is 4.79 Å². The number of imidazole rings is 1. The summed E-state index contributed by atoms with van der Waals surface area (Å²) < 4.78 is 2.17. The highest BCUT2D eigenvalue weighted by Gasteiger charge is 2.23. The third kappa shape index (κ3) is 3.14. The monoisotopic (exact) mass is 302 g/mol. The third-order valence-corrected chi connectivity index (χ3v) is 3.91. The number of para-hydroxylation sites is 2.